The first kappa shape index (κ1) is 19.7. The van der Waals surface area contributed by atoms with E-state index in [0.717, 1.165) is 24.8 Å². The summed E-state index contributed by atoms with van der Waals surface area (Å²) in [6.07, 6.45) is 3.24. The van der Waals surface area contributed by atoms with Gasteiger partial charge in [-0.2, -0.15) is 0 Å². The van der Waals surface area contributed by atoms with Crippen LogP contribution in [0.15, 0.2) is 35.2 Å². The van der Waals surface area contributed by atoms with Crippen molar-refractivity contribution in [2.24, 2.45) is 0 Å². The van der Waals surface area contributed by atoms with Gasteiger partial charge in [-0.1, -0.05) is 49.6 Å². The van der Waals surface area contributed by atoms with Crippen LogP contribution in [0.3, 0.4) is 0 Å². The molecule has 2 N–H and O–H groups in total. The standard InChI is InChI=1S/C21H26O5S/c1-3-4-5-8-16-11-18(22)19(15-9-6-7-14(2)10-15)20(23)21(16)27(24,25)17-12-26-13-17/h6-7,9-11,17,22-23H,3-5,8,12-13H2,1-2H3. The maximum absolute atomic E-state index is 13.1. The second-order valence-corrected chi connectivity index (χ2v) is 9.30. The monoisotopic (exact) mass is 390 g/mol. The van der Waals surface area contributed by atoms with Crippen LogP contribution in [0.4, 0.5) is 0 Å². The van der Waals surface area contributed by atoms with E-state index in [2.05, 4.69) is 6.92 Å². The number of phenolic OH excluding ortho intramolecular Hbond substituents is 2. The van der Waals surface area contributed by atoms with E-state index in [1.165, 1.54) is 6.07 Å². The number of rotatable bonds is 7. The van der Waals surface area contributed by atoms with Crippen molar-refractivity contribution in [2.45, 2.75) is 49.7 Å². The number of benzene rings is 2. The fourth-order valence-corrected chi connectivity index (χ4v) is 5.19. The van der Waals surface area contributed by atoms with Gasteiger partial charge in [0.05, 0.1) is 18.8 Å². The number of aryl methyl sites for hydroxylation is 2. The van der Waals surface area contributed by atoms with E-state index in [-0.39, 0.29) is 35.2 Å². The SMILES string of the molecule is CCCCCc1cc(O)c(-c2cccc(C)c2)c(O)c1S(=O)(=O)C1COC1. The molecular formula is C21H26O5S. The van der Waals surface area contributed by atoms with Crippen molar-refractivity contribution >= 4 is 9.84 Å². The Hall–Kier alpha value is -2.05. The molecule has 0 spiro atoms. The number of hydrogen-bond acceptors (Lipinski definition) is 5. The lowest BCUT2D eigenvalue weighted by Crippen LogP contribution is -2.41. The minimum absolute atomic E-state index is 0.0544. The molecule has 0 radical (unpaired) electrons. The molecule has 0 amide bonds. The zero-order chi connectivity index (χ0) is 19.6. The van der Waals surface area contributed by atoms with Gasteiger partial charge in [0, 0.05) is 0 Å². The third kappa shape index (κ3) is 3.82. The number of hydrogen-bond donors (Lipinski definition) is 2. The Labute approximate surface area is 160 Å². The van der Waals surface area contributed by atoms with E-state index < -0.39 is 15.1 Å². The summed E-state index contributed by atoms with van der Waals surface area (Å²) >= 11 is 0. The van der Waals surface area contributed by atoms with Gasteiger partial charge in [-0.25, -0.2) is 8.42 Å². The fraction of sp³-hybridized carbons (Fsp3) is 0.429. The quantitative estimate of drug-likeness (QED) is 0.699. The zero-order valence-electron chi connectivity index (χ0n) is 15.7. The summed E-state index contributed by atoms with van der Waals surface area (Å²) in [5.41, 5.74) is 2.18. The van der Waals surface area contributed by atoms with Gasteiger partial charge in [-0.15, -0.1) is 0 Å². The third-order valence-electron chi connectivity index (χ3n) is 5.00. The molecule has 1 aliphatic rings. The zero-order valence-corrected chi connectivity index (χ0v) is 16.6. The summed E-state index contributed by atoms with van der Waals surface area (Å²) in [5, 5.41) is 20.9. The van der Waals surface area contributed by atoms with Crippen molar-refractivity contribution < 1.29 is 23.4 Å². The lowest BCUT2D eigenvalue weighted by Gasteiger charge is -2.28. The first-order chi connectivity index (χ1) is 12.9. The summed E-state index contributed by atoms with van der Waals surface area (Å²) in [5.74, 6) is -0.465. The first-order valence-electron chi connectivity index (χ1n) is 9.32. The maximum Gasteiger partial charge on any atom is 0.189 e. The van der Waals surface area contributed by atoms with Crippen LogP contribution in [0.2, 0.25) is 0 Å². The van der Waals surface area contributed by atoms with Gasteiger partial charge in [0.25, 0.3) is 0 Å². The lowest BCUT2D eigenvalue weighted by atomic mass is 9.97. The van der Waals surface area contributed by atoms with Crippen LogP contribution >= 0.6 is 0 Å². The van der Waals surface area contributed by atoms with Crippen molar-refractivity contribution in [3.8, 4) is 22.6 Å². The third-order valence-corrected chi connectivity index (χ3v) is 7.17. The first-order valence-corrected chi connectivity index (χ1v) is 10.9. The number of unbranched alkanes of at least 4 members (excludes halogenated alkanes) is 2. The van der Waals surface area contributed by atoms with E-state index in [1.807, 2.05) is 25.1 Å². The average Bonchev–Trinajstić information content (AvgIpc) is 2.52. The highest BCUT2D eigenvalue weighted by Crippen LogP contribution is 2.45. The molecule has 0 bridgehead atoms. The van der Waals surface area contributed by atoms with E-state index in [9.17, 15) is 18.6 Å². The molecule has 2 aromatic carbocycles. The molecule has 3 rings (SSSR count). The largest absolute Gasteiger partial charge is 0.507 e. The van der Waals surface area contributed by atoms with Crippen LogP contribution in [0.5, 0.6) is 11.5 Å². The summed E-state index contributed by atoms with van der Waals surface area (Å²) in [6.45, 7) is 4.24. The van der Waals surface area contributed by atoms with E-state index >= 15 is 0 Å². The Morgan fingerprint density at radius 2 is 1.89 bits per heavy atom. The topological polar surface area (TPSA) is 83.8 Å². The summed E-state index contributed by atoms with van der Waals surface area (Å²) < 4.78 is 31.3. The predicted molar refractivity (Wildman–Crippen MR) is 105 cm³/mol. The van der Waals surface area contributed by atoms with Crippen LogP contribution in [0, 0.1) is 6.92 Å². The molecule has 146 valence electrons. The van der Waals surface area contributed by atoms with Gasteiger partial charge in [0.1, 0.15) is 21.6 Å². The Morgan fingerprint density at radius 3 is 2.48 bits per heavy atom. The van der Waals surface area contributed by atoms with Crippen molar-refractivity contribution in [1.82, 2.24) is 0 Å². The Bertz CT molecular complexity index is 930. The highest BCUT2D eigenvalue weighted by atomic mass is 32.2. The minimum Gasteiger partial charge on any atom is -0.507 e. The van der Waals surface area contributed by atoms with Gasteiger partial charge < -0.3 is 14.9 Å². The van der Waals surface area contributed by atoms with Gasteiger partial charge in [0.15, 0.2) is 9.84 Å². The second kappa shape index (κ2) is 7.90. The molecule has 1 aliphatic heterocycles. The maximum atomic E-state index is 13.1. The van der Waals surface area contributed by atoms with Crippen molar-refractivity contribution in [3.05, 3.63) is 41.5 Å². The van der Waals surface area contributed by atoms with Crippen LogP contribution in [-0.4, -0.2) is 37.1 Å². The Morgan fingerprint density at radius 1 is 1.15 bits per heavy atom. The van der Waals surface area contributed by atoms with Gasteiger partial charge >= 0.3 is 0 Å². The average molecular weight is 391 g/mol. The molecule has 1 heterocycles. The molecule has 2 aromatic rings. The van der Waals surface area contributed by atoms with Crippen molar-refractivity contribution in [2.75, 3.05) is 13.2 Å². The van der Waals surface area contributed by atoms with Crippen LogP contribution in [-0.2, 0) is 21.0 Å². The molecule has 0 atom stereocenters. The molecule has 0 saturated carbocycles. The van der Waals surface area contributed by atoms with Crippen LogP contribution in [0.1, 0.15) is 37.3 Å². The number of aromatic hydroxyl groups is 2. The molecule has 1 fully saturated rings. The second-order valence-electron chi connectivity index (χ2n) is 7.14. The van der Waals surface area contributed by atoms with Crippen LogP contribution < -0.4 is 0 Å². The highest BCUT2D eigenvalue weighted by Gasteiger charge is 2.38. The van der Waals surface area contributed by atoms with E-state index in [1.54, 1.807) is 6.07 Å². The molecular weight excluding hydrogens is 364 g/mol. The summed E-state index contributed by atoms with van der Waals surface area (Å²) in [4.78, 5) is -0.0544. The normalized spacial score (nSPS) is 14.9. The number of phenols is 2. The highest BCUT2D eigenvalue weighted by molar-refractivity contribution is 7.92. The fourth-order valence-electron chi connectivity index (χ4n) is 3.40. The Balaban J connectivity index is 2.18. The summed E-state index contributed by atoms with van der Waals surface area (Å²) in [7, 11) is -3.74. The molecule has 1 saturated heterocycles. The van der Waals surface area contributed by atoms with Crippen molar-refractivity contribution in [1.29, 1.82) is 0 Å². The smallest absolute Gasteiger partial charge is 0.189 e. The van der Waals surface area contributed by atoms with Crippen LogP contribution in [0.25, 0.3) is 11.1 Å². The molecule has 0 unspecified atom stereocenters. The van der Waals surface area contributed by atoms with Gasteiger partial charge in [0.2, 0.25) is 0 Å². The molecule has 5 nitrogen and oxygen atoms in total. The predicted octanol–water partition coefficient (Wildman–Crippen LogP) is 3.98. The van der Waals surface area contributed by atoms with E-state index in [0.29, 0.717) is 17.5 Å². The molecule has 0 aliphatic carbocycles. The minimum atomic E-state index is -3.74. The molecule has 0 aromatic heterocycles. The molecule has 6 heteroatoms. The van der Waals surface area contributed by atoms with Crippen molar-refractivity contribution in [3.63, 3.8) is 0 Å². The number of ether oxygens (including phenoxy) is 1. The van der Waals surface area contributed by atoms with Gasteiger partial charge in [-0.3, -0.25) is 0 Å². The lowest BCUT2D eigenvalue weighted by molar-refractivity contribution is 0.0415. The van der Waals surface area contributed by atoms with Gasteiger partial charge in [-0.05, 0) is 37.0 Å². The van der Waals surface area contributed by atoms with E-state index in [4.69, 9.17) is 4.74 Å². The molecule has 27 heavy (non-hydrogen) atoms. The number of sulfone groups is 1. The summed E-state index contributed by atoms with van der Waals surface area (Å²) in [6, 6.07) is 8.78. The Kier molecular flexibility index (Phi) is 5.77.